The molecule has 0 bridgehead atoms. The Balaban J connectivity index is 1.22. The maximum atomic E-state index is 13.9. The van der Waals surface area contributed by atoms with Crippen LogP contribution in [0.1, 0.15) is 42.6 Å². The van der Waals surface area contributed by atoms with Crippen molar-refractivity contribution in [2.24, 2.45) is 5.92 Å². The van der Waals surface area contributed by atoms with E-state index in [4.69, 9.17) is 4.52 Å². The summed E-state index contributed by atoms with van der Waals surface area (Å²) in [6, 6.07) is 4.18. The molecule has 10 heteroatoms. The van der Waals surface area contributed by atoms with Crippen LogP contribution in [0.15, 0.2) is 35.1 Å². The first-order chi connectivity index (χ1) is 15.5. The molecule has 2 aromatic rings. The van der Waals surface area contributed by atoms with E-state index < -0.39 is 18.1 Å². The van der Waals surface area contributed by atoms with Crippen molar-refractivity contribution in [2.75, 3.05) is 13.1 Å². The lowest BCUT2D eigenvalue weighted by Crippen LogP contribution is -2.65. The molecule has 5 rings (SSSR count). The Labute approximate surface area is 183 Å². The average Bonchev–Trinajstić information content (AvgIpc) is 3.31. The lowest BCUT2D eigenvalue weighted by molar-refractivity contribution is -0.140. The van der Waals surface area contributed by atoms with Gasteiger partial charge in [-0.1, -0.05) is 5.16 Å². The Morgan fingerprint density at radius 1 is 1.19 bits per heavy atom. The van der Waals surface area contributed by atoms with Gasteiger partial charge in [0, 0.05) is 49.2 Å². The number of hydrogen-bond donors (Lipinski definition) is 1. The number of rotatable bonds is 3. The van der Waals surface area contributed by atoms with Crippen LogP contribution in [-0.2, 0) is 4.79 Å². The molecule has 1 saturated carbocycles. The molecule has 2 saturated heterocycles. The summed E-state index contributed by atoms with van der Waals surface area (Å²) in [6.45, 7) is 0.769. The summed E-state index contributed by atoms with van der Waals surface area (Å²) < 4.78 is 19.2. The zero-order valence-electron chi connectivity index (χ0n) is 17.4. The van der Waals surface area contributed by atoms with Crippen LogP contribution in [0.4, 0.5) is 9.18 Å². The molecule has 4 heterocycles. The largest absolute Gasteiger partial charge is 0.355 e. The van der Waals surface area contributed by atoms with E-state index in [1.165, 1.54) is 4.90 Å². The maximum Gasteiger partial charge on any atom is 0.324 e. The lowest BCUT2D eigenvalue weighted by atomic mass is 9.80. The zero-order chi connectivity index (χ0) is 22.2. The molecule has 2 aliphatic heterocycles. The van der Waals surface area contributed by atoms with Crippen LogP contribution in [-0.4, -0.2) is 69.1 Å². The molecule has 1 aliphatic carbocycles. The van der Waals surface area contributed by atoms with E-state index in [1.807, 2.05) is 6.07 Å². The fraction of sp³-hybridized carbons (Fsp3) is 0.500. The van der Waals surface area contributed by atoms with Crippen molar-refractivity contribution in [2.45, 2.75) is 50.4 Å². The summed E-state index contributed by atoms with van der Waals surface area (Å²) in [5.74, 6) is -0.592. The molecule has 3 aliphatic rings. The molecule has 0 aromatic carbocycles. The number of halogens is 1. The Bertz CT molecular complexity index is 1020. The van der Waals surface area contributed by atoms with Crippen molar-refractivity contribution in [3.63, 3.8) is 0 Å². The van der Waals surface area contributed by atoms with Gasteiger partial charge in [0.15, 0.2) is 11.5 Å². The number of nitrogens with zero attached hydrogens (tertiary/aromatic N) is 4. The third-order valence-electron chi connectivity index (χ3n) is 6.66. The van der Waals surface area contributed by atoms with Crippen LogP contribution >= 0.6 is 0 Å². The second kappa shape index (κ2) is 8.33. The number of piperidine rings is 1. The monoisotopic (exact) mass is 441 g/mol. The molecule has 4 amide bonds. The number of aromatic nitrogens is 2. The second-order valence-corrected chi connectivity index (χ2v) is 8.62. The number of likely N-dealkylation sites (tertiary alicyclic amines) is 1. The fourth-order valence-electron chi connectivity index (χ4n) is 4.93. The topological polar surface area (TPSA) is 109 Å². The van der Waals surface area contributed by atoms with Gasteiger partial charge in [0.1, 0.15) is 6.17 Å². The number of amides is 4. The van der Waals surface area contributed by atoms with E-state index in [2.05, 4.69) is 15.5 Å². The van der Waals surface area contributed by atoms with Gasteiger partial charge in [-0.3, -0.25) is 19.5 Å². The Kier molecular flexibility index (Phi) is 5.36. The number of carbonyl (C=O) groups excluding carboxylic acids is 3. The highest BCUT2D eigenvalue weighted by Crippen LogP contribution is 2.33. The number of nitrogens with one attached hydrogen (secondary N) is 1. The standard InChI is InChI=1S/C22H24FN5O4/c23-14-3-4-17-16(10-14)20(29)28(22(31)25-17)15-5-8-27(9-6-15)21(30)18-11-19(32-26-18)13-2-1-7-24-12-13/h1-2,7,11-12,14-17H,3-6,8-10H2,(H,25,31). The quantitative estimate of drug-likeness (QED) is 0.784. The van der Waals surface area contributed by atoms with Gasteiger partial charge >= 0.3 is 6.03 Å². The van der Waals surface area contributed by atoms with Crippen molar-refractivity contribution in [3.05, 3.63) is 36.3 Å². The number of carbonyl (C=O) groups is 3. The van der Waals surface area contributed by atoms with E-state index in [0.29, 0.717) is 44.5 Å². The summed E-state index contributed by atoms with van der Waals surface area (Å²) in [4.78, 5) is 45.4. The van der Waals surface area contributed by atoms with Gasteiger partial charge in [-0.25, -0.2) is 9.18 Å². The average molecular weight is 441 g/mol. The number of hydrogen-bond acceptors (Lipinski definition) is 6. The van der Waals surface area contributed by atoms with Crippen LogP contribution in [0, 0.1) is 5.92 Å². The van der Waals surface area contributed by atoms with E-state index in [0.717, 1.165) is 5.56 Å². The lowest BCUT2D eigenvalue weighted by Gasteiger charge is -2.45. The molecule has 3 unspecified atom stereocenters. The molecule has 9 nitrogen and oxygen atoms in total. The molecular formula is C22H24FN5O4. The summed E-state index contributed by atoms with van der Waals surface area (Å²) in [5, 5.41) is 6.78. The summed E-state index contributed by atoms with van der Waals surface area (Å²) in [6.07, 6.45) is 4.22. The van der Waals surface area contributed by atoms with Crippen molar-refractivity contribution >= 4 is 17.8 Å². The molecule has 2 aromatic heterocycles. The number of imide groups is 1. The van der Waals surface area contributed by atoms with Crippen LogP contribution in [0.25, 0.3) is 11.3 Å². The van der Waals surface area contributed by atoms with Crippen molar-refractivity contribution in [3.8, 4) is 11.3 Å². The highest BCUT2D eigenvalue weighted by molar-refractivity contribution is 5.99. The van der Waals surface area contributed by atoms with Gasteiger partial charge in [0.05, 0.1) is 5.92 Å². The second-order valence-electron chi connectivity index (χ2n) is 8.62. The van der Waals surface area contributed by atoms with Gasteiger partial charge in [-0.2, -0.15) is 0 Å². The normalized spacial score (nSPS) is 26.6. The van der Waals surface area contributed by atoms with Crippen LogP contribution in [0.3, 0.4) is 0 Å². The van der Waals surface area contributed by atoms with E-state index >= 15 is 0 Å². The third-order valence-corrected chi connectivity index (χ3v) is 6.66. The van der Waals surface area contributed by atoms with Gasteiger partial charge in [0.25, 0.3) is 5.91 Å². The van der Waals surface area contributed by atoms with Crippen LogP contribution in [0.5, 0.6) is 0 Å². The number of alkyl halides is 1. The Morgan fingerprint density at radius 2 is 2.00 bits per heavy atom. The third kappa shape index (κ3) is 3.74. The maximum absolute atomic E-state index is 13.9. The minimum atomic E-state index is -1.00. The highest BCUT2D eigenvalue weighted by atomic mass is 19.1. The van der Waals surface area contributed by atoms with Crippen molar-refractivity contribution in [1.82, 2.24) is 25.3 Å². The molecule has 3 fully saturated rings. The number of urea groups is 1. The van der Waals surface area contributed by atoms with Gasteiger partial charge < -0.3 is 14.7 Å². The fourth-order valence-corrected chi connectivity index (χ4v) is 4.93. The minimum absolute atomic E-state index is 0.156. The van der Waals surface area contributed by atoms with Crippen molar-refractivity contribution in [1.29, 1.82) is 0 Å². The Hall–Kier alpha value is -3.30. The Morgan fingerprint density at radius 3 is 2.75 bits per heavy atom. The van der Waals surface area contributed by atoms with Crippen molar-refractivity contribution < 1.29 is 23.3 Å². The first kappa shape index (κ1) is 20.6. The molecule has 32 heavy (non-hydrogen) atoms. The highest BCUT2D eigenvalue weighted by Gasteiger charge is 2.47. The van der Waals surface area contributed by atoms with E-state index in [9.17, 15) is 18.8 Å². The molecule has 0 radical (unpaired) electrons. The van der Waals surface area contributed by atoms with Gasteiger partial charge in [-0.05, 0) is 44.2 Å². The SMILES string of the molecule is O=C(c1cc(-c2cccnc2)on1)N1CCC(N2C(=O)NC3CCC(F)CC3C2=O)CC1. The van der Waals surface area contributed by atoms with Crippen LogP contribution < -0.4 is 5.32 Å². The van der Waals surface area contributed by atoms with E-state index in [-0.39, 0.29) is 36.0 Å². The van der Waals surface area contributed by atoms with Gasteiger partial charge in [-0.15, -0.1) is 0 Å². The predicted molar refractivity (Wildman–Crippen MR) is 110 cm³/mol. The molecule has 168 valence electrons. The molecule has 0 spiro atoms. The first-order valence-corrected chi connectivity index (χ1v) is 11.0. The smallest absolute Gasteiger partial charge is 0.324 e. The van der Waals surface area contributed by atoms with Crippen LogP contribution in [0.2, 0.25) is 0 Å². The number of pyridine rings is 1. The molecule has 1 N–H and O–H groups in total. The molecule has 3 atom stereocenters. The van der Waals surface area contributed by atoms with Gasteiger partial charge in [0.2, 0.25) is 5.91 Å². The summed E-state index contributed by atoms with van der Waals surface area (Å²) in [7, 11) is 0. The minimum Gasteiger partial charge on any atom is -0.355 e. The van der Waals surface area contributed by atoms with E-state index in [1.54, 1.807) is 29.4 Å². The zero-order valence-corrected chi connectivity index (χ0v) is 17.4. The summed E-state index contributed by atoms with van der Waals surface area (Å²) in [5.41, 5.74) is 0.928. The molecular weight excluding hydrogens is 417 g/mol. The summed E-state index contributed by atoms with van der Waals surface area (Å²) >= 11 is 0. The number of fused-ring (bicyclic) bond motifs is 1. The predicted octanol–water partition coefficient (Wildman–Crippen LogP) is 2.40. The first-order valence-electron chi connectivity index (χ1n) is 11.0.